The Balaban J connectivity index is 1.31. The van der Waals surface area contributed by atoms with Crippen LogP contribution in [0, 0.1) is 5.92 Å². The van der Waals surface area contributed by atoms with Crippen molar-refractivity contribution < 1.29 is 34.0 Å². The number of ether oxygens (including phenoxy) is 3. The Morgan fingerprint density at radius 3 is 2.22 bits per heavy atom. The predicted octanol–water partition coefficient (Wildman–Crippen LogP) is 2.86. The van der Waals surface area contributed by atoms with Gasteiger partial charge in [-0.2, -0.15) is 0 Å². The summed E-state index contributed by atoms with van der Waals surface area (Å²) in [7, 11) is 0. The highest BCUT2D eigenvalue weighted by Crippen LogP contribution is 2.45. The van der Waals surface area contributed by atoms with Crippen LogP contribution < -0.4 is 10.6 Å². The van der Waals surface area contributed by atoms with Gasteiger partial charge in [0, 0.05) is 17.9 Å². The van der Waals surface area contributed by atoms with Crippen LogP contribution in [0.1, 0.15) is 44.7 Å². The first-order valence-corrected chi connectivity index (χ1v) is 12.6. The van der Waals surface area contributed by atoms with E-state index in [1.165, 1.54) is 0 Å². The van der Waals surface area contributed by atoms with Crippen molar-refractivity contribution in [1.82, 2.24) is 10.6 Å². The van der Waals surface area contributed by atoms with Crippen molar-refractivity contribution in [2.75, 3.05) is 13.2 Å². The molecule has 0 aromatic heterocycles. The maximum absolute atomic E-state index is 12.9. The average molecular weight is 511 g/mol. The third kappa shape index (κ3) is 4.72. The topological polar surface area (TPSA) is 126 Å². The number of carboxylic acids is 1. The number of rotatable bonds is 6. The Bertz CT molecular complexity index is 1150. The molecule has 0 spiro atoms. The summed E-state index contributed by atoms with van der Waals surface area (Å²) in [5.41, 5.74) is 2.68. The van der Waals surface area contributed by atoms with Gasteiger partial charge in [-0.15, -0.1) is 0 Å². The van der Waals surface area contributed by atoms with E-state index in [2.05, 4.69) is 10.6 Å². The fraction of sp³-hybridized carbons (Fsp3) is 0.500. The SMILES string of the molecule is CC1(C)N[C@@H](C2C(O)C(C)(C)O[C@@H]2[C@H](NC(=O)OCC2c3ccccc3-c3ccccc32)C(=O)O)CO1. The fourth-order valence-electron chi connectivity index (χ4n) is 5.97. The minimum atomic E-state index is -1.43. The Labute approximate surface area is 216 Å². The van der Waals surface area contributed by atoms with Gasteiger partial charge >= 0.3 is 12.1 Å². The first-order valence-electron chi connectivity index (χ1n) is 12.6. The summed E-state index contributed by atoms with van der Waals surface area (Å²) in [5, 5.41) is 26.9. The number of aliphatic carboxylic acids is 1. The van der Waals surface area contributed by atoms with E-state index in [1.807, 2.05) is 62.4 Å². The number of hydrogen-bond acceptors (Lipinski definition) is 7. The van der Waals surface area contributed by atoms with E-state index in [0.29, 0.717) is 0 Å². The molecule has 1 amide bonds. The van der Waals surface area contributed by atoms with Crippen LogP contribution in [0.5, 0.6) is 0 Å². The van der Waals surface area contributed by atoms with E-state index in [-0.39, 0.29) is 25.2 Å². The van der Waals surface area contributed by atoms with Crippen molar-refractivity contribution in [2.45, 2.75) is 69.2 Å². The zero-order valence-corrected chi connectivity index (χ0v) is 21.4. The van der Waals surface area contributed by atoms with Crippen molar-refractivity contribution in [2.24, 2.45) is 5.92 Å². The lowest BCUT2D eigenvalue weighted by molar-refractivity contribution is -0.146. The summed E-state index contributed by atoms with van der Waals surface area (Å²) in [6, 6.07) is 14.2. The minimum Gasteiger partial charge on any atom is -0.480 e. The highest BCUT2D eigenvalue weighted by Gasteiger charge is 2.57. The smallest absolute Gasteiger partial charge is 0.407 e. The van der Waals surface area contributed by atoms with Crippen LogP contribution in [0.4, 0.5) is 4.79 Å². The molecule has 0 bridgehead atoms. The number of carboxylic acid groups (broad SMARTS) is 1. The van der Waals surface area contributed by atoms with Crippen molar-refractivity contribution in [3.63, 3.8) is 0 Å². The second kappa shape index (κ2) is 9.40. The summed E-state index contributed by atoms with van der Waals surface area (Å²) in [4.78, 5) is 25.2. The number of hydrogen-bond donors (Lipinski definition) is 4. The molecule has 37 heavy (non-hydrogen) atoms. The maximum atomic E-state index is 12.9. The lowest BCUT2D eigenvalue weighted by atomic mass is 9.82. The Morgan fingerprint density at radius 2 is 1.68 bits per heavy atom. The Morgan fingerprint density at radius 1 is 1.08 bits per heavy atom. The summed E-state index contributed by atoms with van der Waals surface area (Å²) in [5.74, 6) is -2.06. The molecule has 2 aliphatic heterocycles. The largest absolute Gasteiger partial charge is 0.480 e. The molecule has 5 atom stereocenters. The second-order valence-corrected chi connectivity index (χ2v) is 11.1. The molecule has 9 nitrogen and oxygen atoms in total. The monoisotopic (exact) mass is 510 g/mol. The number of carbonyl (C=O) groups is 2. The van der Waals surface area contributed by atoms with Gasteiger partial charge in [-0.1, -0.05) is 48.5 Å². The number of fused-ring (bicyclic) bond motifs is 3. The Hall–Kier alpha value is -2.98. The van der Waals surface area contributed by atoms with Crippen LogP contribution in [0.3, 0.4) is 0 Å². The summed E-state index contributed by atoms with van der Waals surface area (Å²) in [6.45, 7) is 7.47. The molecule has 198 valence electrons. The predicted molar refractivity (Wildman–Crippen MR) is 135 cm³/mol. The highest BCUT2D eigenvalue weighted by atomic mass is 16.6. The molecule has 2 aromatic rings. The molecule has 5 rings (SSSR count). The maximum Gasteiger partial charge on any atom is 0.407 e. The van der Waals surface area contributed by atoms with Gasteiger partial charge in [-0.25, -0.2) is 9.59 Å². The molecule has 0 radical (unpaired) electrons. The number of aliphatic hydroxyl groups is 1. The second-order valence-electron chi connectivity index (χ2n) is 11.1. The number of carbonyl (C=O) groups excluding carboxylic acids is 1. The average Bonchev–Trinajstić information content (AvgIpc) is 3.44. The van der Waals surface area contributed by atoms with Crippen molar-refractivity contribution >= 4 is 12.1 Å². The molecular formula is C28H34N2O7. The van der Waals surface area contributed by atoms with Crippen LogP contribution in [-0.2, 0) is 19.0 Å². The van der Waals surface area contributed by atoms with Gasteiger partial charge in [0.1, 0.15) is 12.3 Å². The van der Waals surface area contributed by atoms with Gasteiger partial charge in [0.15, 0.2) is 6.04 Å². The molecule has 4 N–H and O–H groups in total. The Kier molecular flexibility index (Phi) is 6.52. The zero-order chi connectivity index (χ0) is 26.5. The van der Waals surface area contributed by atoms with Crippen molar-refractivity contribution in [3.05, 3.63) is 59.7 Å². The number of amides is 1. The van der Waals surface area contributed by atoms with Crippen LogP contribution in [0.15, 0.2) is 48.5 Å². The molecular weight excluding hydrogens is 476 g/mol. The van der Waals surface area contributed by atoms with E-state index < -0.39 is 47.6 Å². The quantitative estimate of drug-likeness (QED) is 0.467. The van der Waals surface area contributed by atoms with Crippen LogP contribution in [0.25, 0.3) is 11.1 Å². The lowest BCUT2D eigenvalue weighted by Crippen LogP contribution is -2.56. The van der Waals surface area contributed by atoms with Gasteiger partial charge in [-0.3, -0.25) is 5.32 Å². The van der Waals surface area contributed by atoms with Crippen LogP contribution in [-0.4, -0.2) is 71.1 Å². The number of aliphatic hydroxyl groups excluding tert-OH is 1. The summed E-state index contributed by atoms with van der Waals surface area (Å²) in [6.07, 6.45) is -2.83. The van der Waals surface area contributed by atoms with Crippen molar-refractivity contribution in [3.8, 4) is 11.1 Å². The summed E-state index contributed by atoms with van der Waals surface area (Å²) < 4.78 is 17.4. The molecule has 2 fully saturated rings. The van der Waals surface area contributed by atoms with E-state index in [9.17, 15) is 19.8 Å². The van der Waals surface area contributed by atoms with Gasteiger partial charge in [0.2, 0.25) is 0 Å². The molecule has 0 saturated carbocycles. The van der Waals surface area contributed by atoms with Gasteiger partial charge < -0.3 is 29.7 Å². The first kappa shape index (κ1) is 25.7. The molecule has 1 aliphatic carbocycles. The van der Waals surface area contributed by atoms with E-state index >= 15 is 0 Å². The van der Waals surface area contributed by atoms with E-state index in [1.54, 1.807) is 13.8 Å². The summed E-state index contributed by atoms with van der Waals surface area (Å²) >= 11 is 0. The van der Waals surface area contributed by atoms with Crippen LogP contribution >= 0.6 is 0 Å². The van der Waals surface area contributed by atoms with Crippen molar-refractivity contribution in [1.29, 1.82) is 0 Å². The lowest BCUT2D eigenvalue weighted by Gasteiger charge is -2.30. The number of benzene rings is 2. The number of nitrogens with one attached hydrogen (secondary N) is 2. The highest BCUT2D eigenvalue weighted by molar-refractivity contribution is 5.81. The third-order valence-corrected chi connectivity index (χ3v) is 7.73. The third-order valence-electron chi connectivity index (χ3n) is 7.73. The zero-order valence-electron chi connectivity index (χ0n) is 21.4. The molecule has 2 saturated heterocycles. The fourth-order valence-corrected chi connectivity index (χ4v) is 5.97. The molecule has 2 aromatic carbocycles. The molecule has 2 unspecified atom stereocenters. The van der Waals surface area contributed by atoms with E-state index in [0.717, 1.165) is 22.3 Å². The first-order chi connectivity index (χ1) is 17.5. The van der Waals surface area contributed by atoms with E-state index in [4.69, 9.17) is 14.2 Å². The standard InChI is InChI=1S/C28H34N2O7/c1-27(2)24(31)21(20-14-36-28(3,4)30-20)23(37-27)22(25(32)33)29-26(34)35-13-19-17-11-7-5-9-15(17)16-10-6-8-12-18(16)19/h5-12,19-24,30-31H,13-14H2,1-4H3,(H,29,34)(H,32,33)/t20-,21?,22+,23+,24?/m1/s1. The normalized spacial score (nSPS) is 28.4. The molecule has 9 heteroatoms. The van der Waals surface area contributed by atoms with Gasteiger partial charge in [0.05, 0.1) is 24.4 Å². The molecule has 2 heterocycles. The number of alkyl carbamates (subject to hydrolysis) is 1. The van der Waals surface area contributed by atoms with Crippen LogP contribution in [0.2, 0.25) is 0 Å². The minimum absolute atomic E-state index is 0.0570. The van der Waals surface area contributed by atoms with Gasteiger partial charge in [-0.05, 0) is 49.9 Å². The molecule has 3 aliphatic rings. The van der Waals surface area contributed by atoms with Gasteiger partial charge in [0.25, 0.3) is 0 Å².